The first kappa shape index (κ1) is 22.1. The molecule has 5 nitrogen and oxygen atoms in total. The molecule has 2 aromatic rings. The van der Waals surface area contributed by atoms with Gasteiger partial charge in [0.1, 0.15) is 0 Å². The van der Waals surface area contributed by atoms with Gasteiger partial charge in [-0.15, -0.1) is 24.0 Å². The lowest BCUT2D eigenvalue weighted by Crippen LogP contribution is -2.41. The van der Waals surface area contributed by atoms with E-state index in [-0.39, 0.29) is 24.0 Å². The van der Waals surface area contributed by atoms with E-state index in [0.29, 0.717) is 5.41 Å². The van der Waals surface area contributed by atoms with Crippen molar-refractivity contribution in [2.24, 2.45) is 10.4 Å². The van der Waals surface area contributed by atoms with E-state index in [1.807, 2.05) is 17.8 Å². The molecule has 2 fully saturated rings. The third kappa shape index (κ3) is 5.13. The second-order valence-corrected chi connectivity index (χ2v) is 8.48. The van der Waals surface area contributed by atoms with Gasteiger partial charge in [0.05, 0.1) is 11.4 Å². The Bertz CT molecular complexity index is 808. The van der Waals surface area contributed by atoms with E-state index in [4.69, 9.17) is 0 Å². The third-order valence-electron chi connectivity index (χ3n) is 6.54. The van der Waals surface area contributed by atoms with Crippen LogP contribution < -0.4 is 5.32 Å². The van der Waals surface area contributed by atoms with Crippen molar-refractivity contribution in [3.63, 3.8) is 0 Å². The Kier molecular flexibility index (Phi) is 7.60. The average Bonchev–Trinajstić information content (AvgIpc) is 3.45. The number of aryl methyl sites for hydroxylation is 2. The highest BCUT2D eigenvalue weighted by molar-refractivity contribution is 14.0. The number of para-hydroxylation sites is 1. The van der Waals surface area contributed by atoms with Gasteiger partial charge in [-0.25, -0.2) is 4.68 Å². The molecule has 4 rings (SSSR count). The highest BCUT2D eigenvalue weighted by Crippen LogP contribution is 2.45. The monoisotopic (exact) mass is 507 g/mol. The van der Waals surface area contributed by atoms with Gasteiger partial charge in [-0.1, -0.05) is 31.0 Å². The summed E-state index contributed by atoms with van der Waals surface area (Å²) in [5.74, 6) is 1.08. The SMILES string of the molecule is CN=C(NCCCc1cn(-c2ccccc2)nc1C)N1CCC2(CCCC2)C1.I. The molecule has 1 aliphatic heterocycles. The topological polar surface area (TPSA) is 45.5 Å². The molecule has 2 aliphatic rings. The predicted octanol–water partition coefficient (Wildman–Crippen LogP) is 4.57. The molecule has 158 valence electrons. The molecule has 1 saturated carbocycles. The van der Waals surface area contributed by atoms with Crippen molar-refractivity contribution in [1.29, 1.82) is 0 Å². The summed E-state index contributed by atoms with van der Waals surface area (Å²) in [6, 6.07) is 10.3. The Morgan fingerprint density at radius 3 is 2.66 bits per heavy atom. The number of nitrogens with zero attached hydrogens (tertiary/aromatic N) is 4. The van der Waals surface area contributed by atoms with Crippen molar-refractivity contribution in [3.05, 3.63) is 47.8 Å². The zero-order chi connectivity index (χ0) is 19.4. The molecule has 1 saturated heterocycles. The number of halogens is 1. The minimum Gasteiger partial charge on any atom is -0.356 e. The molecule has 0 unspecified atom stereocenters. The maximum Gasteiger partial charge on any atom is 0.193 e. The molecule has 0 atom stereocenters. The number of hydrogen-bond acceptors (Lipinski definition) is 2. The van der Waals surface area contributed by atoms with Gasteiger partial charge in [-0.3, -0.25) is 4.99 Å². The molecule has 1 aromatic carbocycles. The van der Waals surface area contributed by atoms with E-state index in [1.165, 1.54) is 44.2 Å². The van der Waals surface area contributed by atoms with E-state index < -0.39 is 0 Å². The molecular formula is C23H34IN5. The summed E-state index contributed by atoms with van der Waals surface area (Å²) in [6.45, 7) is 5.40. The minimum atomic E-state index is 0. The van der Waals surface area contributed by atoms with Crippen LogP contribution in [0.25, 0.3) is 5.69 Å². The molecule has 1 aromatic heterocycles. The number of rotatable bonds is 5. The van der Waals surface area contributed by atoms with Gasteiger partial charge >= 0.3 is 0 Å². The average molecular weight is 507 g/mol. The van der Waals surface area contributed by atoms with E-state index in [9.17, 15) is 0 Å². The van der Waals surface area contributed by atoms with E-state index in [1.54, 1.807) is 0 Å². The zero-order valence-electron chi connectivity index (χ0n) is 17.7. The van der Waals surface area contributed by atoms with E-state index >= 15 is 0 Å². The van der Waals surface area contributed by atoms with Crippen LogP contribution in [-0.4, -0.2) is 47.3 Å². The van der Waals surface area contributed by atoms with Crippen molar-refractivity contribution in [2.75, 3.05) is 26.7 Å². The molecule has 2 heterocycles. The number of nitrogens with one attached hydrogen (secondary N) is 1. The Morgan fingerprint density at radius 2 is 1.93 bits per heavy atom. The van der Waals surface area contributed by atoms with Gasteiger partial charge in [0.2, 0.25) is 0 Å². The summed E-state index contributed by atoms with van der Waals surface area (Å²) >= 11 is 0. The summed E-state index contributed by atoms with van der Waals surface area (Å²) in [7, 11) is 1.91. The number of guanidine groups is 1. The van der Waals surface area contributed by atoms with Gasteiger partial charge < -0.3 is 10.2 Å². The first-order valence-corrected chi connectivity index (χ1v) is 10.8. The van der Waals surface area contributed by atoms with Gasteiger partial charge in [0.15, 0.2) is 5.96 Å². The second kappa shape index (κ2) is 9.96. The van der Waals surface area contributed by atoms with Crippen LogP contribution in [-0.2, 0) is 6.42 Å². The fourth-order valence-electron chi connectivity index (χ4n) is 4.91. The largest absolute Gasteiger partial charge is 0.356 e. The highest BCUT2D eigenvalue weighted by atomic mass is 127. The molecule has 0 bridgehead atoms. The van der Waals surface area contributed by atoms with Gasteiger partial charge in [-0.05, 0) is 62.1 Å². The Balaban J connectivity index is 0.00000240. The van der Waals surface area contributed by atoms with Crippen LogP contribution >= 0.6 is 24.0 Å². The fourth-order valence-corrected chi connectivity index (χ4v) is 4.91. The lowest BCUT2D eigenvalue weighted by molar-refractivity contribution is 0.309. The van der Waals surface area contributed by atoms with Gasteiger partial charge in [0.25, 0.3) is 0 Å². The Hall–Kier alpha value is -1.57. The number of aromatic nitrogens is 2. The van der Waals surface area contributed by atoms with Crippen LogP contribution in [0, 0.1) is 12.3 Å². The van der Waals surface area contributed by atoms with Crippen molar-refractivity contribution >= 4 is 29.9 Å². The lowest BCUT2D eigenvalue weighted by atomic mass is 9.86. The van der Waals surface area contributed by atoms with Crippen LogP contribution in [0.5, 0.6) is 0 Å². The maximum atomic E-state index is 4.68. The smallest absolute Gasteiger partial charge is 0.193 e. The van der Waals surface area contributed by atoms with Crippen LogP contribution in [0.15, 0.2) is 41.5 Å². The number of aliphatic imine (C=N–C) groups is 1. The standard InChI is InChI=1S/C23H33N5.HI/c1-19-20(17-28(26-19)21-10-4-3-5-11-21)9-8-15-25-22(24-2)27-16-14-23(18-27)12-6-7-13-23;/h3-5,10-11,17H,6-9,12-16,18H2,1-2H3,(H,24,25);1H. The van der Waals surface area contributed by atoms with Crippen molar-refractivity contribution in [2.45, 2.75) is 51.9 Å². The second-order valence-electron chi connectivity index (χ2n) is 8.48. The minimum absolute atomic E-state index is 0. The van der Waals surface area contributed by atoms with Crippen LogP contribution in [0.1, 0.15) is 49.8 Å². The van der Waals surface area contributed by atoms with Gasteiger partial charge in [0, 0.05) is 32.9 Å². The molecule has 0 amide bonds. The zero-order valence-corrected chi connectivity index (χ0v) is 20.1. The van der Waals surface area contributed by atoms with E-state index in [2.05, 4.69) is 57.7 Å². The quantitative estimate of drug-likeness (QED) is 0.279. The van der Waals surface area contributed by atoms with Crippen LogP contribution in [0.2, 0.25) is 0 Å². The van der Waals surface area contributed by atoms with Crippen LogP contribution in [0.3, 0.4) is 0 Å². The van der Waals surface area contributed by atoms with Crippen molar-refractivity contribution in [1.82, 2.24) is 20.0 Å². The van der Waals surface area contributed by atoms with Gasteiger partial charge in [-0.2, -0.15) is 5.10 Å². The summed E-state index contributed by atoms with van der Waals surface area (Å²) in [5.41, 5.74) is 4.15. The number of benzene rings is 1. The fraction of sp³-hybridized carbons (Fsp3) is 0.565. The third-order valence-corrected chi connectivity index (χ3v) is 6.54. The number of hydrogen-bond donors (Lipinski definition) is 1. The Labute approximate surface area is 192 Å². The normalized spacial score (nSPS) is 18.3. The lowest BCUT2D eigenvalue weighted by Gasteiger charge is -2.25. The molecular weight excluding hydrogens is 473 g/mol. The molecule has 0 radical (unpaired) electrons. The summed E-state index contributed by atoms with van der Waals surface area (Å²) in [5, 5.41) is 8.27. The molecule has 1 N–H and O–H groups in total. The first-order valence-electron chi connectivity index (χ1n) is 10.8. The molecule has 1 spiro atoms. The van der Waals surface area contributed by atoms with Crippen molar-refractivity contribution in [3.8, 4) is 5.69 Å². The molecule has 1 aliphatic carbocycles. The maximum absolute atomic E-state index is 4.68. The predicted molar refractivity (Wildman–Crippen MR) is 130 cm³/mol. The number of likely N-dealkylation sites (tertiary alicyclic amines) is 1. The summed E-state index contributed by atoms with van der Waals surface area (Å²) < 4.78 is 1.99. The molecule has 29 heavy (non-hydrogen) atoms. The first-order chi connectivity index (χ1) is 13.7. The van der Waals surface area contributed by atoms with Crippen molar-refractivity contribution < 1.29 is 0 Å². The molecule has 6 heteroatoms. The van der Waals surface area contributed by atoms with E-state index in [0.717, 1.165) is 43.3 Å². The Morgan fingerprint density at radius 1 is 1.17 bits per heavy atom. The summed E-state index contributed by atoms with van der Waals surface area (Å²) in [4.78, 5) is 7.02. The van der Waals surface area contributed by atoms with Crippen LogP contribution in [0.4, 0.5) is 0 Å². The summed E-state index contributed by atoms with van der Waals surface area (Å²) in [6.07, 6.45) is 11.3. The highest BCUT2D eigenvalue weighted by Gasteiger charge is 2.40.